The molecule has 0 spiro atoms. The van der Waals surface area contributed by atoms with E-state index >= 15 is 0 Å². The van der Waals surface area contributed by atoms with Crippen LogP contribution in [0.15, 0.2) is 58.2 Å². The van der Waals surface area contributed by atoms with Gasteiger partial charge in [0.25, 0.3) is 10.9 Å². The van der Waals surface area contributed by atoms with Crippen LogP contribution in [-0.4, -0.2) is 32.2 Å². The van der Waals surface area contributed by atoms with Crippen LogP contribution < -0.4 is 10.6 Å². The van der Waals surface area contributed by atoms with Gasteiger partial charge in [-0.1, -0.05) is 11.8 Å². The Bertz CT molecular complexity index is 1100. The molecule has 146 valence electrons. The number of thioether (sulfide) groups is 1. The van der Waals surface area contributed by atoms with Gasteiger partial charge in [-0.25, -0.2) is 4.90 Å². The fourth-order valence-electron chi connectivity index (χ4n) is 2.81. The number of rotatable bonds is 5. The second-order valence-corrected chi connectivity index (χ2v) is 7.30. The van der Waals surface area contributed by atoms with Gasteiger partial charge in [-0.05, 0) is 36.4 Å². The van der Waals surface area contributed by atoms with E-state index in [9.17, 15) is 19.7 Å². The van der Waals surface area contributed by atoms with Gasteiger partial charge in [-0.2, -0.15) is 0 Å². The number of carbonyl (C=O) groups excluding carboxylic acids is 2. The Kier molecular flexibility index (Phi) is 4.72. The van der Waals surface area contributed by atoms with Crippen molar-refractivity contribution in [2.45, 2.75) is 16.9 Å². The van der Waals surface area contributed by atoms with E-state index in [0.29, 0.717) is 11.3 Å². The Morgan fingerprint density at radius 3 is 2.45 bits per heavy atom. The van der Waals surface area contributed by atoms with Crippen molar-refractivity contribution < 1.29 is 18.9 Å². The zero-order chi connectivity index (χ0) is 20.5. The molecule has 0 bridgehead atoms. The molecule has 0 radical (unpaired) electrons. The topological polar surface area (TPSA) is 145 Å². The average molecular weight is 411 g/mol. The minimum absolute atomic E-state index is 0.0416. The van der Waals surface area contributed by atoms with Gasteiger partial charge in [-0.15, -0.1) is 10.2 Å². The molecule has 1 unspecified atom stereocenters. The summed E-state index contributed by atoms with van der Waals surface area (Å²) in [7, 11) is 0. The molecule has 1 aliphatic rings. The van der Waals surface area contributed by atoms with Crippen molar-refractivity contribution in [3.05, 3.63) is 58.6 Å². The van der Waals surface area contributed by atoms with Gasteiger partial charge >= 0.3 is 0 Å². The quantitative estimate of drug-likeness (QED) is 0.290. The number of nitrogens with zero attached hydrogens (tertiary/aromatic N) is 4. The number of imide groups is 1. The van der Waals surface area contributed by atoms with Crippen molar-refractivity contribution in [3.8, 4) is 11.5 Å². The fourth-order valence-corrected chi connectivity index (χ4v) is 3.70. The van der Waals surface area contributed by atoms with E-state index in [1.165, 1.54) is 24.3 Å². The van der Waals surface area contributed by atoms with Crippen LogP contribution in [0.2, 0.25) is 0 Å². The van der Waals surface area contributed by atoms with Crippen molar-refractivity contribution in [3.63, 3.8) is 0 Å². The highest BCUT2D eigenvalue weighted by Crippen LogP contribution is 2.34. The van der Waals surface area contributed by atoms with Crippen molar-refractivity contribution in [1.82, 2.24) is 10.2 Å². The molecule has 2 N–H and O–H groups in total. The maximum Gasteiger partial charge on any atom is 0.277 e. The van der Waals surface area contributed by atoms with Crippen molar-refractivity contribution in [2.24, 2.45) is 0 Å². The molecule has 0 saturated carbocycles. The first-order valence-corrected chi connectivity index (χ1v) is 9.27. The first-order chi connectivity index (χ1) is 13.9. The van der Waals surface area contributed by atoms with E-state index in [4.69, 9.17) is 10.2 Å². The summed E-state index contributed by atoms with van der Waals surface area (Å²) in [5, 5.41) is 18.1. The number of nitrogen functional groups attached to an aromatic ring is 1. The van der Waals surface area contributed by atoms with E-state index in [1.807, 2.05) is 0 Å². The third kappa shape index (κ3) is 3.67. The Hall–Kier alpha value is -3.73. The van der Waals surface area contributed by atoms with Crippen LogP contribution in [0.1, 0.15) is 6.42 Å². The van der Waals surface area contributed by atoms with Gasteiger partial charge in [0, 0.05) is 29.8 Å². The summed E-state index contributed by atoms with van der Waals surface area (Å²) in [5.41, 5.74) is 7.09. The smallest absolute Gasteiger partial charge is 0.277 e. The number of amides is 2. The Morgan fingerprint density at radius 1 is 1.10 bits per heavy atom. The molecule has 1 saturated heterocycles. The summed E-state index contributed by atoms with van der Waals surface area (Å²) in [6, 6.07) is 12.1. The minimum Gasteiger partial charge on any atom is -0.411 e. The second-order valence-electron chi connectivity index (χ2n) is 6.15. The van der Waals surface area contributed by atoms with Crippen LogP contribution in [-0.2, 0) is 9.59 Å². The Balaban J connectivity index is 1.49. The van der Waals surface area contributed by atoms with Crippen molar-refractivity contribution in [2.75, 3.05) is 10.6 Å². The molecular weight excluding hydrogens is 398 g/mol. The highest BCUT2D eigenvalue weighted by molar-refractivity contribution is 8.00. The summed E-state index contributed by atoms with van der Waals surface area (Å²) in [5.74, 6) is -0.572. The predicted octanol–water partition coefficient (Wildman–Crippen LogP) is 2.65. The standard InChI is InChI=1S/C18H13N5O5S/c19-11-3-1-10(2-4-11)16-20-21-18(28-16)29-14-9-15(24)22(17(14)25)12-5-7-13(8-6-12)23(26)27/h1-8,14H,9,19H2. The maximum atomic E-state index is 12.7. The van der Waals surface area contributed by atoms with E-state index < -0.39 is 22.0 Å². The molecule has 29 heavy (non-hydrogen) atoms. The zero-order valence-electron chi connectivity index (χ0n) is 14.7. The first-order valence-electron chi connectivity index (χ1n) is 8.39. The zero-order valence-corrected chi connectivity index (χ0v) is 15.5. The number of benzene rings is 2. The molecule has 1 aromatic heterocycles. The Labute approximate surface area is 167 Å². The lowest BCUT2D eigenvalue weighted by atomic mass is 10.2. The molecular formula is C18H13N5O5S. The molecule has 0 aliphatic carbocycles. The lowest BCUT2D eigenvalue weighted by Gasteiger charge is -2.14. The van der Waals surface area contributed by atoms with Crippen molar-refractivity contribution in [1.29, 1.82) is 0 Å². The number of hydrogen-bond donors (Lipinski definition) is 1. The largest absolute Gasteiger partial charge is 0.411 e. The lowest BCUT2D eigenvalue weighted by Crippen LogP contribution is -2.31. The molecule has 2 heterocycles. The lowest BCUT2D eigenvalue weighted by molar-refractivity contribution is -0.384. The minimum atomic E-state index is -0.725. The van der Waals surface area contributed by atoms with E-state index in [0.717, 1.165) is 16.7 Å². The van der Waals surface area contributed by atoms with Crippen LogP contribution >= 0.6 is 11.8 Å². The van der Waals surface area contributed by atoms with Gasteiger partial charge < -0.3 is 10.2 Å². The van der Waals surface area contributed by atoms with Gasteiger partial charge in [0.1, 0.15) is 5.25 Å². The third-order valence-electron chi connectivity index (χ3n) is 4.23. The molecule has 2 aromatic carbocycles. The van der Waals surface area contributed by atoms with Crippen LogP contribution in [0.3, 0.4) is 0 Å². The summed E-state index contributed by atoms with van der Waals surface area (Å²) in [6.07, 6.45) is -0.0416. The normalized spacial score (nSPS) is 16.4. The summed E-state index contributed by atoms with van der Waals surface area (Å²) < 4.78 is 5.58. The molecule has 3 aromatic rings. The van der Waals surface area contributed by atoms with Gasteiger partial charge in [0.2, 0.25) is 17.7 Å². The molecule has 2 amide bonds. The fraction of sp³-hybridized carbons (Fsp3) is 0.111. The SMILES string of the molecule is Nc1ccc(-c2nnc(SC3CC(=O)N(c4ccc([N+](=O)[O-])cc4)C3=O)o2)cc1. The first kappa shape index (κ1) is 18.6. The van der Waals surface area contributed by atoms with Crippen LogP contribution in [0.25, 0.3) is 11.5 Å². The number of nitrogens with two attached hydrogens (primary N) is 1. The molecule has 10 nitrogen and oxygen atoms in total. The van der Waals surface area contributed by atoms with Crippen molar-refractivity contribution >= 4 is 40.6 Å². The van der Waals surface area contributed by atoms with Crippen LogP contribution in [0.4, 0.5) is 17.1 Å². The van der Waals surface area contributed by atoms with E-state index in [2.05, 4.69) is 10.2 Å². The van der Waals surface area contributed by atoms with E-state index in [1.54, 1.807) is 24.3 Å². The number of nitro groups is 1. The molecule has 1 fully saturated rings. The highest BCUT2D eigenvalue weighted by Gasteiger charge is 2.41. The summed E-state index contributed by atoms with van der Waals surface area (Å²) in [6.45, 7) is 0. The number of nitro benzene ring substituents is 1. The van der Waals surface area contributed by atoms with Crippen LogP contribution in [0, 0.1) is 10.1 Å². The van der Waals surface area contributed by atoms with Gasteiger partial charge in [0.05, 0.1) is 10.6 Å². The molecule has 1 atom stereocenters. The monoisotopic (exact) mass is 411 g/mol. The molecule has 1 aliphatic heterocycles. The number of aromatic nitrogens is 2. The number of non-ortho nitro benzene ring substituents is 1. The summed E-state index contributed by atoms with van der Waals surface area (Å²) in [4.78, 5) is 36.3. The third-order valence-corrected chi connectivity index (χ3v) is 5.25. The highest BCUT2D eigenvalue weighted by atomic mass is 32.2. The second kappa shape index (κ2) is 7.36. The van der Waals surface area contributed by atoms with Crippen LogP contribution in [0.5, 0.6) is 0 Å². The summed E-state index contributed by atoms with van der Waals surface area (Å²) >= 11 is 1.00. The number of anilines is 2. The maximum absolute atomic E-state index is 12.7. The Morgan fingerprint density at radius 2 is 1.79 bits per heavy atom. The van der Waals surface area contributed by atoms with Gasteiger partial charge in [0.15, 0.2) is 0 Å². The van der Waals surface area contributed by atoms with E-state index in [-0.39, 0.29) is 28.9 Å². The average Bonchev–Trinajstić information content (AvgIpc) is 3.27. The molecule has 11 heteroatoms. The number of carbonyl (C=O) groups is 2. The number of hydrogen-bond acceptors (Lipinski definition) is 9. The predicted molar refractivity (Wildman–Crippen MR) is 104 cm³/mol. The van der Waals surface area contributed by atoms with Gasteiger partial charge in [-0.3, -0.25) is 19.7 Å². The molecule has 4 rings (SSSR count).